The zero-order chi connectivity index (χ0) is 13.7. The van der Waals surface area contributed by atoms with Gasteiger partial charge in [-0.15, -0.1) is 0 Å². The molecule has 1 atom stereocenters. The molecule has 5 nitrogen and oxygen atoms in total. The van der Waals surface area contributed by atoms with E-state index >= 15 is 0 Å². The number of benzene rings is 1. The van der Waals surface area contributed by atoms with Gasteiger partial charge < -0.3 is 20.7 Å². The summed E-state index contributed by atoms with van der Waals surface area (Å²) in [6.07, 6.45) is 0.0288. The van der Waals surface area contributed by atoms with Crippen molar-refractivity contribution >= 4 is 23.3 Å². The molecule has 104 valence electrons. The number of rotatable bonds is 3. The van der Waals surface area contributed by atoms with Gasteiger partial charge in [-0.2, -0.15) is 0 Å². The van der Waals surface area contributed by atoms with E-state index in [0.29, 0.717) is 23.9 Å². The Morgan fingerprint density at radius 1 is 1.58 bits per heavy atom. The number of carbonyl (C=O) groups is 1. The van der Waals surface area contributed by atoms with Gasteiger partial charge in [0.1, 0.15) is 0 Å². The van der Waals surface area contributed by atoms with Crippen LogP contribution in [0.1, 0.15) is 5.56 Å². The summed E-state index contributed by atoms with van der Waals surface area (Å²) in [5.41, 5.74) is 1.66. The van der Waals surface area contributed by atoms with Gasteiger partial charge in [0.05, 0.1) is 12.7 Å². The molecule has 0 aliphatic carbocycles. The maximum Gasteiger partial charge on any atom is 0.319 e. The zero-order valence-electron chi connectivity index (χ0n) is 10.8. The molecular formula is C13H18ClN3O2. The monoisotopic (exact) mass is 283 g/mol. The third-order valence-corrected chi connectivity index (χ3v) is 3.33. The van der Waals surface area contributed by atoms with E-state index in [1.807, 2.05) is 19.1 Å². The molecule has 0 bridgehead atoms. The highest BCUT2D eigenvalue weighted by molar-refractivity contribution is 6.31. The van der Waals surface area contributed by atoms with Crippen LogP contribution in [0.25, 0.3) is 0 Å². The highest BCUT2D eigenvalue weighted by atomic mass is 35.5. The summed E-state index contributed by atoms with van der Waals surface area (Å²) in [5.74, 6) is 0. The molecule has 1 aromatic rings. The lowest BCUT2D eigenvalue weighted by molar-refractivity contribution is 0.0310. The Labute approximate surface area is 117 Å². The standard InChI is InChI=1S/C13H18ClN3O2/c1-9-2-3-10(6-12(9)14)17-13(18)16-8-11-7-15-4-5-19-11/h2-3,6,11,15H,4-5,7-8H2,1H3,(H2,16,17,18). The minimum absolute atomic E-state index is 0.0288. The van der Waals surface area contributed by atoms with Crippen molar-refractivity contribution < 1.29 is 9.53 Å². The Bertz CT molecular complexity index is 448. The van der Waals surface area contributed by atoms with Crippen LogP contribution in [0, 0.1) is 6.92 Å². The average molecular weight is 284 g/mol. The number of halogens is 1. The van der Waals surface area contributed by atoms with Gasteiger partial charge in [-0.3, -0.25) is 0 Å². The molecule has 2 amide bonds. The van der Waals surface area contributed by atoms with Crippen molar-refractivity contribution in [2.75, 3.05) is 31.6 Å². The second-order valence-corrected chi connectivity index (χ2v) is 4.90. The number of aryl methyl sites for hydroxylation is 1. The molecule has 6 heteroatoms. The van der Waals surface area contributed by atoms with Crippen molar-refractivity contribution in [3.63, 3.8) is 0 Å². The first-order chi connectivity index (χ1) is 9.15. The van der Waals surface area contributed by atoms with Crippen molar-refractivity contribution in [2.24, 2.45) is 0 Å². The lowest BCUT2D eigenvalue weighted by atomic mass is 10.2. The zero-order valence-corrected chi connectivity index (χ0v) is 11.6. The van der Waals surface area contributed by atoms with Gasteiger partial charge in [0.25, 0.3) is 0 Å². The highest BCUT2D eigenvalue weighted by Gasteiger charge is 2.14. The van der Waals surface area contributed by atoms with E-state index in [2.05, 4.69) is 16.0 Å². The topological polar surface area (TPSA) is 62.4 Å². The summed E-state index contributed by atoms with van der Waals surface area (Å²) in [6, 6.07) is 5.16. The van der Waals surface area contributed by atoms with E-state index in [-0.39, 0.29) is 12.1 Å². The Morgan fingerprint density at radius 2 is 2.42 bits per heavy atom. The molecule has 1 aromatic carbocycles. The summed E-state index contributed by atoms with van der Waals surface area (Å²) < 4.78 is 5.49. The number of hydrogen-bond acceptors (Lipinski definition) is 3. The van der Waals surface area contributed by atoms with Gasteiger partial charge in [-0.1, -0.05) is 17.7 Å². The molecule has 1 saturated heterocycles. The lowest BCUT2D eigenvalue weighted by Gasteiger charge is -2.23. The Morgan fingerprint density at radius 3 is 3.11 bits per heavy atom. The number of nitrogens with one attached hydrogen (secondary N) is 3. The van der Waals surface area contributed by atoms with E-state index in [4.69, 9.17) is 16.3 Å². The van der Waals surface area contributed by atoms with E-state index in [0.717, 1.165) is 18.7 Å². The number of carbonyl (C=O) groups excluding carboxylic acids is 1. The van der Waals surface area contributed by atoms with Crippen LogP contribution in [0.2, 0.25) is 5.02 Å². The molecule has 0 radical (unpaired) electrons. The van der Waals surface area contributed by atoms with Crippen LogP contribution >= 0.6 is 11.6 Å². The van der Waals surface area contributed by atoms with Gasteiger partial charge in [0.2, 0.25) is 0 Å². The number of morpholine rings is 1. The van der Waals surface area contributed by atoms with Crippen LogP contribution in [0.3, 0.4) is 0 Å². The Balaban J connectivity index is 1.78. The summed E-state index contributed by atoms with van der Waals surface area (Å²) >= 11 is 6.00. The number of urea groups is 1. The molecule has 1 fully saturated rings. The number of hydrogen-bond donors (Lipinski definition) is 3. The second-order valence-electron chi connectivity index (χ2n) is 4.50. The number of ether oxygens (including phenoxy) is 1. The average Bonchev–Trinajstić information content (AvgIpc) is 2.42. The first-order valence-electron chi connectivity index (χ1n) is 6.28. The van der Waals surface area contributed by atoms with Crippen molar-refractivity contribution in [1.29, 1.82) is 0 Å². The minimum Gasteiger partial charge on any atom is -0.374 e. The summed E-state index contributed by atoms with van der Waals surface area (Å²) in [6.45, 7) is 4.71. The molecule has 1 aliphatic rings. The highest BCUT2D eigenvalue weighted by Crippen LogP contribution is 2.19. The minimum atomic E-state index is -0.255. The second kappa shape index (κ2) is 6.75. The summed E-state index contributed by atoms with van der Waals surface area (Å²) in [7, 11) is 0. The Hall–Kier alpha value is -1.30. The molecule has 1 unspecified atom stereocenters. The van der Waals surface area contributed by atoms with E-state index in [1.54, 1.807) is 6.07 Å². The first-order valence-corrected chi connectivity index (χ1v) is 6.66. The van der Waals surface area contributed by atoms with Crippen molar-refractivity contribution in [1.82, 2.24) is 10.6 Å². The molecule has 3 N–H and O–H groups in total. The smallest absolute Gasteiger partial charge is 0.319 e. The molecule has 0 saturated carbocycles. The number of amides is 2. The van der Waals surface area contributed by atoms with Gasteiger partial charge in [-0.25, -0.2) is 4.79 Å². The van der Waals surface area contributed by atoms with Crippen LogP contribution in [0.15, 0.2) is 18.2 Å². The Kier molecular flexibility index (Phi) is 5.01. The number of anilines is 1. The van der Waals surface area contributed by atoms with Crippen LogP contribution in [0.5, 0.6) is 0 Å². The third kappa shape index (κ3) is 4.38. The third-order valence-electron chi connectivity index (χ3n) is 2.92. The fourth-order valence-corrected chi connectivity index (χ4v) is 1.98. The predicted molar refractivity (Wildman–Crippen MR) is 75.8 cm³/mol. The van der Waals surface area contributed by atoms with Crippen LogP contribution in [-0.2, 0) is 4.74 Å². The molecule has 1 heterocycles. The molecule has 0 spiro atoms. The van der Waals surface area contributed by atoms with Crippen LogP contribution in [-0.4, -0.2) is 38.4 Å². The summed E-state index contributed by atoms with van der Waals surface area (Å²) in [5, 5.41) is 9.36. The van der Waals surface area contributed by atoms with Crippen LogP contribution < -0.4 is 16.0 Å². The van der Waals surface area contributed by atoms with Crippen molar-refractivity contribution in [3.05, 3.63) is 28.8 Å². The van der Waals surface area contributed by atoms with E-state index in [1.165, 1.54) is 0 Å². The van der Waals surface area contributed by atoms with Gasteiger partial charge in [-0.05, 0) is 24.6 Å². The van der Waals surface area contributed by atoms with Crippen molar-refractivity contribution in [2.45, 2.75) is 13.0 Å². The summed E-state index contributed by atoms with van der Waals surface area (Å²) in [4.78, 5) is 11.7. The lowest BCUT2D eigenvalue weighted by Crippen LogP contribution is -2.45. The fraction of sp³-hybridized carbons (Fsp3) is 0.462. The quantitative estimate of drug-likeness (QED) is 0.792. The molecule has 1 aliphatic heterocycles. The first kappa shape index (κ1) is 14.1. The molecule has 19 heavy (non-hydrogen) atoms. The van der Waals surface area contributed by atoms with E-state index in [9.17, 15) is 4.79 Å². The van der Waals surface area contributed by atoms with Gasteiger partial charge >= 0.3 is 6.03 Å². The molecule has 2 rings (SSSR count). The largest absolute Gasteiger partial charge is 0.374 e. The van der Waals surface area contributed by atoms with Gasteiger partial charge in [0, 0.05) is 30.3 Å². The molecule has 0 aromatic heterocycles. The predicted octanol–water partition coefficient (Wildman–Crippen LogP) is 1.76. The van der Waals surface area contributed by atoms with Crippen molar-refractivity contribution in [3.8, 4) is 0 Å². The maximum atomic E-state index is 11.7. The normalized spacial score (nSPS) is 18.9. The van der Waals surface area contributed by atoms with Gasteiger partial charge in [0.15, 0.2) is 0 Å². The maximum absolute atomic E-state index is 11.7. The fourth-order valence-electron chi connectivity index (χ4n) is 1.80. The van der Waals surface area contributed by atoms with Crippen LogP contribution in [0.4, 0.5) is 10.5 Å². The SMILES string of the molecule is Cc1ccc(NC(=O)NCC2CNCCO2)cc1Cl. The molecular weight excluding hydrogens is 266 g/mol. The van der Waals surface area contributed by atoms with E-state index < -0.39 is 0 Å².